The van der Waals surface area contributed by atoms with Crippen LogP contribution in [0.25, 0.3) is 0 Å². The lowest BCUT2D eigenvalue weighted by molar-refractivity contribution is -0.885. The third-order valence-corrected chi connectivity index (χ3v) is 7.00. The van der Waals surface area contributed by atoms with Crippen molar-refractivity contribution < 1.29 is 22.8 Å². The van der Waals surface area contributed by atoms with Gasteiger partial charge >= 0.3 is 0 Å². The smallest absolute Gasteiger partial charge is 0.277 e. The maximum absolute atomic E-state index is 12.8. The van der Waals surface area contributed by atoms with Gasteiger partial charge in [-0.05, 0) is 24.3 Å². The second-order valence-electron chi connectivity index (χ2n) is 7.26. The molecule has 2 aromatic carbocycles. The van der Waals surface area contributed by atoms with Crippen LogP contribution < -0.4 is 9.64 Å². The van der Waals surface area contributed by atoms with E-state index in [1.807, 2.05) is 25.2 Å². The molecule has 1 amide bonds. The molecule has 2 aromatic rings. The van der Waals surface area contributed by atoms with Crippen LogP contribution in [-0.4, -0.2) is 70.4 Å². The van der Waals surface area contributed by atoms with Gasteiger partial charge in [0.15, 0.2) is 6.54 Å². The third-order valence-electron chi connectivity index (χ3n) is 5.09. The van der Waals surface area contributed by atoms with Gasteiger partial charge < -0.3 is 14.5 Å². The summed E-state index contributed by atoms with van der Waals surface area (Å²) in [7, 11) is -0.0295. The molecule has 1 unspecified atom stereocenters. The number of methoxy groups -OCH3 is 1. The standard InChI is InChI=1S/C21H27N3O4S/c1-22(16-18-6-4-3-5-7-18)17-21(25)23-12-14-24(15-13-23)29(26,27)20-10-8-19(28-2)9-11-20/h3-11H,12-17H2,1-2H3/p+1. The van der Waals surface area contributed by atoms with Crippen molar-refractivity contribution in [1.82, 2.24) is 9.21 Å². The maximum Gasteiger partial charge on any atom is 0.277 e. The normalized spacial score (nSPS) is 16.4. The van der Waals surface area contributed by atoms with Gasteiger partial charge in [-0.3, -0.25) is 4.79 Å². The molecule has 0 bridgehead atoms. The molecule has 0 aliphatic carbocycles. The van der Waals surface area contributed by atoms with Gasteiger partial charge in [-0.1, -0.05) is 30.3 Å². The first-order chi connectivity index (χ1) is 13.9. The predicted octanol–water partition coefficient (Wildman–Crippen LogP) is 0.243. The molecule has 1 N–H and O–H groups in total. The number of ether oxygens (including phenoxy) is 1. The molecule has 7 nitrogen and oxygen atoms in total. The Kier molecular flexibility index (Phi) is 6.89. The molecule has 0 radical (unpaired) electrons. The van der Waals surface area contributed by atoms with Crippen LogP contribution in [0.3, 0.4) is 0 Å². The summed E-state index contributed by atoms with van der Waals surface area (Å²) in [6, 6.07) is 16.4. The Morgan fingerprint density at radius 3 is 2.21 bits per heavy atom. The summed E-state index contributed by atoms with van der Waals surface area (Å²) >= 11 is 0. The highest BCUT2D eigenvalue weighted by molar-refractivity contribution is 7.89. The summed E-state index contributed by atoms with van der Waals surface area (Å²) in [6.45, 7) is 2.59. The van der Waals surface area contributed by atoms with Crippen molar-refractivity contribution in [2.45, 2.75) is 11.4 Å². The van der Waals surface area contributed by atoms with Crippen molar-refractivity contribution in [1.29, 1.82) is 0 Å². The molecular formula is C21H28N3O4S+. The van der Waals surface area contributed by atoms with Gasteiger partial charge in [0.05, 0.1) is 19.1 Å². The molecule has 8 heteroatoms. The number of benzene rings is 2. The second kappa shape index (κ2) is 9.39. The average Bonchev–Trinajstić information content (AvgIpc) is 2.74. The molecule has 29 heavy (non-hydrogen) atoms. The summed E-state index contributed by atoms with van der Waals surface area (Å²) in [5, 5.41) is 0. The van der Waals surface area contributed by atoms with Crippen LogP contribution in [0, 0.1) is 0 Å². The van der Waals surface area contributed by atoms with E-state index in [4.69, 9.17) is 4.74 Å². The third kappa shape index (κ3) is 5.35. The van der Waals surface area contributed by atoms with E-state index in [2.05, 4.69) is 12.1 Å². The molecule has 1 heterocycles. The Morgan fingerprint density at radius 1 is 1.00 bits per heavy atom. The number of rotatable bonds is 7. The number of quaternary nitrogens is 1. The molecule has 156 valence electrons. The number of nitrogens with one attached hydrogen (secondary N) is 1. The first-order valence-corrected chi connectivity index (χ1v) is 11.1. The zero-order valence-corrected chi connectivity index (χ0v) is 17.7. The number of carbonyl (C=O) groups is 1. The van der Waals surface area contributed by atoms with E-state index in [0.29, 0.717) is 38.5 Å². The van der Waals surface area contributed by atoms with Gasteiger partial charge in [-0.25, -0.2) is 8.42 Å². The summed E-state index contributed by atoms with van der Waals surface area (Å²) in [4.78, 5) is 15.7. The fourth-order valence-electron chi connectivity index (χ4n) is 3.45. The van der Waals surface area contributed by atoms with Gasteiger partial charge in [0, 0.05) is 31.7 Å². The zero-order chi connectivity index (χ0) is 20.9. The summed E-state index contributed by atoms with van der Waals surface area (Å²) in [6.07, 6.45) is 0. The lowest BCUT2D eigenvalue weighted by Crippen LogP contribution is -3.09. The van der Waals surface area contributed by atoms with Gasteiger partial charge in [0.1, 0.15) is 12.3 Å². The van der Waals surface area contributed by atoms with E-state index < -0.39 is 10.0 Å². The highest BCUT2D eigenvalue weighted by Crippen LogP contribution is 2.20. The van der Waals surface area contributed by atoms with Crippen LogP contribution in [0.5, 0.6) is 5.75 Å². The Bertz CT molecular complexity index is 909. The van der Waals surface area contributed by atoms with E-state index in [-0.39, 0.29) is 10.8 Å². The first-order valence-electron chi connectivity index (χ1n) is 9.67. The van der Waals surface area contributed by atoms with Crippen LogP contribution in [0.2, 0.25) is 0 Å². The van der Waals surface area contributed by atoms with E-state index in [1.54, 1.807) is 36.3 Å². The molecule has 0 spiro atoms. The summed E-state index contributed by atoms with van der Waals surface area (Å²) in [5.41, 5.74) is 1.19. The van der Waals surface area contributed by atoms with E-state index >= 15 is 0 Å². The molecule has 1 aliphatic rings. The molecule has 1 saturated heterocycles. The molecular weight excluding hydrogens is 390 g/mol. The van der Waals surface area contributed by atoms with Gasteiger partial charge in [-0.15, -0.1) is 0 Å². The predicted molar refractivity (Wildman–Crippen MR) is 110 cm³/mol. The largest absolute Gasteiger partial charge is 0.497 e. The Hall–Kier alpha value is -2.42. The maximum atomic E-state index is 12.8. The minimum Gasteiger partial charge on any atom is -0.497 e. The van der Waals surface area contributed by atoms with Crippen molar-refractivity contribution in [3.05, 3.63) is 60.2 Å². The fourth-order valence-corrected chi connectivity index (χ4v) is 4.87. The minimum atomic E-state index is -3.57. The van der Waals surface area contributed by atoms with Gasteiger partial charge in [-0.2, -0.15) is 4.31 Å². The summed E-state index contributed by atoms with van der Waals surface area (Å²) < 4.78 is 32.2. The van der Waals surface area contributed by atoms with Crippen molar-refractivity contribution >= 4 is 15.9 Å². The lowest BCUT2D eigenvalue weighted by Gasteiger charge is -2.34. The van der Waals surface area contributed by atoms with Gasteiger partial charge in [0.25, 0.3) is 5.91 Å². The fraction of sp³-hybridized carbons (Fsp3) is 0.381. The lowest BCUT2D eigenvalue weighted by atomic mass is 10.2. The number of likely N-dealkylation sites (N-methyl/N-ethyl adjacent to an activating group) is 1. The average molecular weight is 419 g/mol. The highest BCUT2D eigenvalue weighted by atomic mass is 32.2. The van der Waals surface area contributed by atoms with E-state index in [0.717, 1.165) is 11.4 Å². The highest BCUT2D eigenvalue weighted by Gasteiger charge is 2.30. The molecule has 1 fully saturated rings. The monoisotopic (exact) mass is 418 g/mol. The van der Waals surface area contributed by atoms with Crippen LogP contribution in [0.15, 0.2) is 59.5 Å². The molecule has 3 rings (SSSR count). The number of hydrogen-bond acceptors (Lipinski definition) is 4. The number of carbonyl (C=O) groups excluding carboxylic acids is 1. The number of hydrogen-bond donors (Lipinski definition) is 1. The van der Waals surface area contributed by atoms with Crippen LogP contribution in [-0.2, 0) is 21.4 Å². The zero-order valence-electron chi connectivity index (χ0n) is 16.9. The van der Waals surface area contributed by atoms with E-state index in [1.165, 1.54) is 9.87 Å². The van der Waals surface area contributed by atoms with Crippen molar-refractivity contribution in [3.8, 4) is 5.75 Å². The van der Waals surface area contributed by atoms with Crippen molar-refractivity contribution in [3.63, 3.8) is 0 Å². The van der Waals surface area contributed by atoms with Crippen LogP contribution in [0.4, 0.5) is 0 Å². The Morgan fingerprint density at radius 2 is 1.62 bits per heavy atom. The second-order valence-corrected chi connectivity index (χ2v) is 9.19. The topological polar surface area (TPSA) is 71.4 Å². The molecule has 1 aliphatic heterocycles. The van der Waals surface area contributed by atoms with Crippen LogP contribution in [0.1, 0.15) is 5.56 Å². The molecule has 1 atom stereocenters. The number of piperazine rings is 1. The SMILES string of the molecule is COc1ccc(S(=O)(=O)N2CCN(C(=O)C[NH+](C)Cc3ccccc3)CC2)cc1. The Labute approximate surface area is 172 Å². The van der Waals surface area contributed by atoms with Crippen molar-refractivity contribution in [2.24, 2.45) is 0 Å². The van der Waals surface area contributed by atoms with E-state index in [9.17, 15) is 13.2 Å². The Balaban J connectivity index is 1.53. The van der Waals surface area contributed by atoms with Crippen molar-refractivity contribution in [2.75, 3.05) is 46.9 Å². The first kappa shape index (κ1) is 21.3. The minimum absolute atomic E-state index is 0.0555. The number of sulfonamides is 1. The van der Waals surface area contributed by atoms with Crippen LogP contribution >= 0.6 is 0 Å². The number of nitrogens with zero attached hydrogens (tertiary/aromatic N) is 2. The summed E-state index contributed by atoms with van der Waals surface area (Å²) in [5.74, 6) is 0.668. The number of amides is 1. The molecule has 0 aromatic heterocycles. The molecule has 0 saturated carbocycles. The quantitative estimate of drug-likeness (QED) is 0.700. The van der Waals surface area contributed by atoms with Gasteiger partial charge in [0.2, 0.25) is 10.0 Å².